The van der Waals surface area contributed by atoms with Crippen LogP contribution in [0, 0.1) is 4.91 Å². The molecule has 0 fully saturated rings. The maximum atomic E-state index is 9.19. The number of thiol groups is 1. The zero-order valence-electron chi connectivity index (χ0n) is 6.82. The van der Waals surface area contributed by atoms with Crippen LogP contribution in [0.4, 0.5) is 0 Å². The molecule has 0 aromatic rings. The molecule has 2 N–H and O–H groups in total. The third-order valence-corrected chi connectivity index (χ3v) is 1.76. The lowest BCUT2D eigenvalue weighted by atomic mass is 10.1. The lowest BCUT2D eigenvalue weighted by Gasteiger charge is -2.18. The molecule has 0 spiro atoms. The lowest BCUT2D eigenvalue weighted by molar-refractivity contribution is 0.125. The molecule has 0 aliphatic rings. The van der Waals surface area contributed by atoms with Crippen molar-refractivity contribution in [2.75, 3.05) is 0 Å². The van der Waals surface area contributed by atoms with E-state index >= 15 is 0 Å². The Balaban J connectivity index is 0. The largest absolute Gasteiger partial charge is 0.380 e. The minimum atomic E-state index is -0.714. The van der Waals surface area contributed by atoms with Gasteiger partial charge in [0.1, 0.15) is 4.93 Å². The molecule has 0 aliphatic heterocycles. The van der Waals surface area contributed by atoms with E-state index in [0.29, 0.717) is 0 Å². The molecule has 0 bridgehead atoms. The Morgan fingerprint density at radius 3 is 2.00 bits per heavy atom. The van der Waals surface area contributed by atoms with Gasteiger partial charge in [0.05, 0.1) is 0 Å². The van der Waals surface area contributed by atoms with Crippen LogP contribution in [0.1, 0.15) is 33.1 Å². The highest BCUT2D eigenvalue weighted by Gasteiger charge is 2.15. The number of aliphatic hydroxyl groups is 1. The van der Waals surface area contributed by atoms with E-state index in [2.05, 4.69) is 12.6 Å². The first kappa shape index (κ1) is 13.3. The van der Waals surface area contributed by atoms with Gasteiger partial charge in [-0.1, -0.05) is 20.3 Å². The Labute approximate surface area is 72.0 Å². The fraction of sp³-hybridized carbons (Fsp3) is 1.00. The highest BCUT2D eigenvalue weighted by Crippen LogP contribution is 2.20. The van der Waals surface area contributed by atoms with Gasteiger partial charge in [0.25, 0.3) is 0 Å². The first-order valence-electron chi connectivity index (χ1n) is 3.45. The third-order valence-electron chi connectivity index (χ3n) is 1.22. The standard InChI is InChI=1S/C6H14OS.HNO2/c1-3-5-6(7,8)4-2;2-1-3/h7-8H,3-5H2,1-2H3;(H,2,3). The molecular weight excluding hydrogens is 166 g/mol. The summed E-state index contributed by atoms with van der Waals surface area (Å²) in [6, 6.07) is 0. The smallest absolute Gasteiger partial charge is 0.152 e. The first-order valence-corrected chi connectivity index (χ1v) is 3.90. The predicted octanol–water partition coefficient (Wildman–Crippen LogP) is 1.96. The van der Waals surface area contributed by atoms with Crippen LogP contribution in [0.5, 0.6) is 0 Å². The SMILES string of the molecule is CCCC(O)(S)CC.O=NO. The third kappa shape index (κ3) is 12.8. The second-order valence-corrected chi connectivity index (χ2v) is 3.00. The van der Waals surface area contributed by atoms with Gasteiger partial charge in [-0.25, -0.2) is 0 Å². The van der Waals surface area contributed by atoms with Crippen LogP contribution in [0.3, 0.4) is 0 Å². The maximum absolute atomic E-state index is 9.19. The van der Waals surface area contributed by atoms with Gasteiger partial charge >= 0.3 is 0 Å². The molecule has 0 amide bonds. The molecule has 5 heteroatoms. The maximum Gasteiger partial charge on any atom is 0.152 e. The van der Waals surface area contributed by atoms with Crippen molar-refractivity contribution in [1.82, 2.24) is 0 Å². The summed E-state index contributed by atoms with van der Waals surface area (Å²) in [4.78, 5) is 7.40. The van der Waals surface area contributed by atoms with Crippen LogP contribution in [0.2, 0.25) is 0 Å². The van der Waals surface area contributed by atoms with E-state index in [1.165, 1.54) is 5.34 Å². The molecule has 1 unspecified atom stereocenters. The molecule has 11 heavy (non-hydrogen) atoms. The van der Waals surface area contributed by atoms with Gasteiger partial charge in [0.15, 0.2) is 5.34 Å². The topological polar surface area (TPSA) is 69.9 Å². The van der Waals surface area contributed by atoms with Crippen LogP contribution in [-0.4, -0.2) is 15.2 Å². The van der Waals surface area contributed by atoms with E-state index in [-0.39, 0.29) is 0 Å². The van der Waals surface area contributed by atoms with Crippen LogP contribution in [-0.2, 0) is 0 Å². The summed E-state index contributed by atoms with van der Waals surface area (Å²) in [5, 5.41) is 17.1. The summed E-state index contributed by atoms with van der Waals surface area (Å²) in [5.74, 6) is 0. The van der Waals surface area contributed by atoms with Gasteiger partial charge in [-0.3, -0.25) is 0 Å². The minimum absolute atomic E-state index is 0.714. The van der Waals surface area contributed by atoms with E-state index < -0.39 is 4.93 Å². The first-order chi connectivity index (χ1) is 5.04. The molecule has 0 heterocycles. The summed E-state index contributed by atoms with van der Waals surface area (Å²) in [6.07, 6.45) is 2.50. The molecule has 0 rings (SSSR count). The van der Waals surface area contributed by atoms with Gasteiger partial charge in [-0.05, 0) is 12.8 Å². The quantitative estimate of drug-likeness (QED) is 0.270. The minimum Gasteiger partial charge on any atom is -0.380 e. The fourth-order valence-electron chi connectivity index (χ4n) is 0.577. The summed E-state index contributed by atoms with van der Waals surface area (Å²) in [6.45, 7) is 3.97. The highest BCUT2D eigenvalue weighted by atomic mass is 32.1. The van der Waals surface area contributed by atoms with Crippen LogP contribution >= 0.6 is 12.6 Å². The average Bonchev–Trinajstić information content (AvgIpc) is 1.90. The van der Waals surface area contributed by atoms with Gasteiger partial charge in [0.2, 0.25) is 0 Å². The molecule has 1 atom stereocenters. The Morgan fingerprint density at radius 1 is 1.55 bits per heavy atom. The molecule has 0 saturated heterocycles. The van der Waals surface area contributed by atoms with Crippen LogP contribution in [0.15, 0.2) is 5.34 Å². The van der Waals surface area contributed by atoms with Crippen molar-refractivity contribution in [2.24, 2.45) is 5.34 Å². The molecule has 4 nitrogen and oxygen atoms in total. The summed E-state index contributed by atoms with van der Waals surface area (Å²) in [7, 11) is 0. The number of hydrogen-bond donors (Lipinski definition) is 3. The Hall–Kier alpha value is -0.290. The Morgan fingerprint density at radius 2 is 1.91 bits per heavy atom. The van der Waals surface area contributed by atoms with Crippen molar-refractivity contribution < 1.29 is 10.3 Å². The zero-order valence-corrected chi connectivity index (χ0v) is 7.71. The van der Waals surface area contributed by atoms with Crippen LogP contribution < -0.4 is 0 Å². The van der Waals surface area contributed by atoms with Gasteiger partial charge in [-0.2, -0.15) is 0 Å². The molecule has 0 aromatic heterocycles. The molecule has 0 aromatic carbocycles. The van der Waals surface area contributed by atoms with Gasteiger partial charge in [0, 0.05) is 0 Å². The van der Waals surface area contributed by atoms with Crippen molar-refractivity contribution >= 4 is 12.6 Å². The van der Waals surface area contributed by atoms with Crippen molar-refractivity contribution in [2.45, 2.75) is 38.0 Å². The highest BCUT2D eigenvalue weighted by molar-refractivity contribution is 7.81. The number of nitrogens with zero attached hydrogens (tertiary/aromatic N) is 1. The molecule has 0 aliphatic carbocycles. The Bertz CT molecular complexity index is 97.8. The van der Waals surface area contributed by atoms with Gasteiger partial charge in [-0.15, -0.1) is 17.5 Å². The van der Waals surface area contributed by atoms with E-state index in [1.807, 2.05) is 13.8 Å². The second-order valence-electron chi connectivity index (χ2n) is 2.17. The van der Waals surface area contributed by atoms with Crippen molar-refractivity contribution in [1.29, 1.82) is 0 Å². The van der Waals surface area contributed by atoms with E-state index in [0.717, 1.165) is 19.3 Å². The predicted molar refractivity (Wildman–Crippen MR) is 46.7 cm³/mol. The van der Waals surface area contributed by atoms with Crippen molar-refractivity contribution in [3.8, 4) is 0 Å². The second kappa shape index (κ2) is 7.81. The van der Waals surface area contributed by atoms with E-state index in [4.69, 9.17) is 10.1 Å². The van der Waals surface area contributed by atoms with Crippen LogP contribution in [0.25, 0.3) is 0 Å². The summed E-state index contributed by atoms with van der Waals surface area (Å²) in [5.41, 5.74) is 0. The van der Waals surface area contributed by atoms with Crippen molar-refractivity contribution in [3.63, 3.8) is 0 Å². The molecular formula is C6H15NO3S. The monoisotopic (exact) mass is 181 g/mol. The summed E-state index contributed by atoms with van der Waals surface area (Å²) >= 11 is 4.02. The Kier molecular flexibility index (Phi) is 9.45. The van der Waals surface area contributed by atoms with E-state index in [1.54, 1.807) is 0 Å². The molecule has 68 valence electrons. The zero-order chi connectivity index (χ0) is 9.33. The summed E-state index contributed by atoms with van der Waals surface area (Å²) < 4.78 is 0. The number of rotatable bonds is 3. The average molecular weight is 181 g/mol. The number of hydrogen-bond acceptors (Lipinski definition) is 4. The van der Waals surface area contributed by atoms with E-state index in [9.17, 15) is 5.11 Å². The normalized spacial score (nSPS) is 14.2. The van der Waals surface area contributed by atoms with Gasteiger partial charge < -0.3 is 10.3 Å². The lowest BCUT2D eigenvalue weighted by Crippen LogP contribution is -2.18. The van der Waals surface area contributed by atoms with Crippen molar-refractivity contribution in [3.05, 3.63) is 4.91 Å². The fourth-order valence-corrected chi connectivity index (χ4v) is 0.801. The molecule has 0 saturated carbocycles. The molecule has 0 radical (unpaired) electrons.